The molecule has 0 aliphatic heterocycles. The summed E-state index contributed by atoms with van der Waals surface area (Å²) in [7, 11) is 0. The molecule has 0 fully saturated rings. The minimum Gasteiger partial charge on any atom is -0.478 e. The third-order valence-corrected chi connectivity index (χ3v) is 2.44. The second-order valence-electron chi connectivity index (χ2n) is 3.67. The van der Waals surface area contributed by atoms with Crippen molar-refractivity contribution in [2.45, 2.75) is 13.3 Å². The van der Waals surface area contributed by atoms with Crippen molar-refractivity contribution in [1.29, 1.82) is 0 Å². The van der Waals surface area contributed by atoms with E-state index in [4.69, 9.17) is 27.8 Å². The molecule has 0 aliphatic carbocycles. The summed E-state index contributed by atoms with van der Waals surface area (Å²) in [5, 5.41) is 11.5. The van der Waals surface area contributed by atoms with E-state index in [0.717, 1.165) is 6.42 Å². The van der Waals surface area contributed by atoms with Crippen molar-refractivity contribution in [2.75, 3.05) is 6.54 Å². The fourth-order valence-electron chi connectivity index (χ4n) is 1.37. The van der Waals surface area contributed by atoms with E-state index in [0.29, 0.717) is 6.54 Å². The van der Waals surface area contributed by atoms with Crippen LogP contribution in [0, 0.1) is 0 Å². The lowest BCUT2D eigenvalue weighted by molar-refractivity contribution is 0.0694. The van der Waals surface area contributed by atoms with Crippen LogP contribution in [0.4, 0.5) is 4.79 Å². The van der Waals surface area contributed by atoms with Gasteiger partial charge in [-0.2, -0.15) is 0 Å². The molecule has 0 unspecified atom stereocenters. The maximum atomic E-state index is 11.5. The Bertz CT molecular complexity index is 484. The van der Waals surface area contributed by atoms with Crippen LogP contribution in [-0.4, -0.2) is 28.7 Å². The molecule has 7 heteroatoms. The molecule has 19 heavy (non-hydrogen) atoms. The first kappa shape index (κ1) is 14.9. The summed E-state index contributed by atoms with van der Waals surface area (Å²) in [5.74, 6) is -1.37. The van der Waals surface area contributed by atoms with Gasteiger partial charge in [0.2, 0.25) is 0 Å². The average molecular weight is 282 g/mol. The lowest BCUT2D eigenvalue weighted by atomic mass is 10.1. The number of carboxylic acids is 1. The number of amides is 1. The maximum Gasteiger partial charge on any atom is 0.412 e. The zero-order chi connectivity index (χ0) is 14.4. The van der Waals surface area contributed by atoms with Crippen molar-refractivity contribution in [3.8, 4) is 5.75 Å². The predicted molar refractivity (Wildman–Crippen MR) is 73.6 cm³/mol. The van der Waals surface area contributed by atoms with Crippen LogP contribution in [0.2, 0.25) is 0 Å². The highest BCUT2D eigenvalue weighted by atomic mass is 32.1. The number of carboxylic acid groups (broad SMARTS) is 1. The average Bonchev–Trinajstić information content (AvgIpc) is 2.35. The van der Waals surface area contributed by atoms with Gasteiger partial charge in [0.25, 0.3) is 0 Å². The van der Waals surface area contributed by atoms with Gasteiger partial charge in [-0.3, -0.25) is 0 Å². The van der Waals surface area contributed by atoms with Crippen LogP contribution in [0.3, 0.4) is 0 Å². The standard InChI is InChI=1S/C12H14N2O4S/c1-2-6-14-12(17)18-9-7(10(13)19)4-3-5-8(9)11(15)16/h3-5H,2,6H2,1H3,(H2,13,19)(H,14,17)(H,15,16). The summed E-state index contributed by atoms with van der Waals surface area (Å²) < 4.78 is 5.00. The van der Waals surface area contributed by atoms with Crippen LogP contribution in [0.1, 0.15) is 29.3 Å². The minimum absolute atomic E-state index is 0.0404. The van der Waals surface area contributed by atoms with Crippen LogP contribution in [-0.2, 0) is 0 Å². The summed E-state index contributed by atoms with van der Waals surface area (Å²) in [6.07, 6.45) is -0.00858. The summed E-state index contributed by atoms with van der Waals surface area (Å²) in [5.41, 5.74) is 5.53. The van der Waals surface area contributed by atoms with E-state index >= 15 is 0 Å². The molecule has 0 heterocycles. The SMILES string of the molecule is CCCNC(=O)Oc1c(C(=O)O)cccc1C(N)=S. The van der Waals surface area contributed by atoms with E-state index in [-0.39, 0.29) is 21.9 Å². The Morgan fingerprint density at radius 3 is 2.58 bits per heavy atom. The van der Waals surface area contributed by atoms with Gasteiger partial charge in [-0.25, -0.2) is 9.59 Å². The molecule has 1 aromatic rings. The number of aromatic carboxylic acids is 1. The van der Waals surface area contributed by atoms with E-state index in [1.807, 2.05) is 6.92 Å². The summed E-state index contributed by atoms with van der Waals surface area (Å²) in [6, 6.07) is 4.29. The molecule has 0 saturated carbocycles. The Balaban J connectivity index is 3.11. The minimum atomic E-state index is -1.23. The number of nitrogens with one attached hydrogen (secondary N) is 1. The Hall–Kier alpha value is -2.15. The molecular weight excluding hydrogens is 268 g/mol. The zero-order valence-electron chi connectivity index (χ0n) is 10.3. The number of thiocarbonyl (C=S) groups is 1. The highest BCUT2D eigenvalue weighted by molar-refractivity contribution is 7.80. The van der Waals surface area contributed by atoms with Crippen molar-refractivity contribution in [3.05, 3.63) is 29.3 Å². The summed E-state index contributed by atoms with van der Waals surface area (Å²) >= 11 is 4.81. The van der Waals surface area contributed by atoms with Gasteiger partial charge in [0.05, 0.1) is 5.56 Å². The Morgan fingerprint density at radius 2 is 2.05 bits per heavy atom. The second kappa shape index (κ2) is 6.69. The quantitative estimate of drug-likeness (QED) is 0.708. The number of ether oxygens (including phenoxy) is 1. The number of benzene rings is 1. The Kier molecular flexibility index (Phi) is 5.25. The molecule has 0 atom stereocenters. The lowest BCUT2D eigenvalue weighted by Crippen LogP contribution is -2.29. The van der Waals surface area contributed by atoms with Crippen LogP contribution < -0.4 is 15.8 Å². The predicted octanol–water partition coefficient (Wildman–Crippen LogP) is 1.52. The fourth-order valence-corrected chi connectivity index (χ4v) is 1.53. The number of carbonyl (C=O) groups excluding carboxylic acids is 1. The van der Waals surface area contributed by atoms with E-state index in [1.165, 1.54) is 18.2 Å². The monoisotopic (exact) mass is 282 g/mol. The van der Waals surface area contributed by atoms with Gasteiger partial charge in [-0.05, 0) is 18.6 Å². The van der Waals surface area contributed by atoms with Gasteiger partial charge < -0.3 is 20.9 Å². The highest BCUT2D eigenvalue weighted by Gasteiger charge is 2.19. The third kappa shape index (κ3) is 3.92. The molecule has 1 amide bonds. The molecule has 6 nitrogen and oxygen atoms in total. The molecule has 1 rings (SSSR count). The van der Waals surface area contributed by atoms with Gasteiger partial charge in [0.15, 0.2) is 5.75 Å². The molecule has 0 saturated heterocycles. The van der Waals surface area contributed by atoms with Crippen molar-refractivity contribution in [3.63, 3.8) is 0 Å². The van der Waals surface area contributed by atoms with Crippen molar-refractivity contribution in [2.24, 2.45) is 5.73 Å². The first-order chi connectivity index (χ1) is 8.97. The molecule has 4 N–H and O–H groups in total. The Labute approximate surface area is 115 Å². The molecule has 1 aromatic carbocycles. The van der Waals surface area contributed by atoms with Crippen molar-refractivity contribution < 1.29 is 19.4 Å². The molecule has 0 spiro atoms. The van der Waals surface area contributed by atoms with Crippen molar-refractivity contribution in [1.82, 2.24) is 5.32 Å². The molecule has 102 valence electrons. The second-order valence-corrected chi connectivity index (χ2v) is 4.11. The van der Waals surface area contributed by atoms with Crippen LogP contribution in [0.5, 0.6) is 5.75 Å². The van der Waals surface area contributed by atoms with E-state index in [2.05, 4.69) is 5.32 Å². The number of hydrogen-bond donors (Lipinski definition) is 3. The topological polar surface area (TPSA) is 102 Å². The van der Waals surface area contributed by atoms with Crippen LogP contribution in [0.15, 0.2) is 18.2 Å². The summed E-state index contributed by atoms with van der Waals surface area (Å²) in [6.45, 7) is 2.31. The van der Waals surface area contributed by atoms with Crippen LogP contribution >= 0.6 is 12.2 Å². The number of hydrogen-bond acceptors (Lipinski definition) is 4. The van der Waals surface area contributed by atoms with Crippen LogP contribution in [0.25, 0.3) is 0 Å². The number of nitrogens with two attached hydrogens (primary N) is 1. The van der Waals surface area contributed by atoms with E-state index in [9.17, 15) is 9.59 Å². The van der Waals surface area contributed by atoms with Gasteiger partial charge in [0, 0.05) is 6.54 Å². The van der Waals surface area contributed by atoms with Gasteiger partial charge >= 0.3 is 12.1 Å². The van der Waals surface area contributed by atoms with Gasteiger partial charge in [0.1, 0.15) is 10.6 Å². The molecule has 0 aromatic heterocycles. The molecule has 0 radical (unpaired) electrons. The maximum absolute atomic E-state index is 11.5. The van der Waals surface area contributed by atoms with Gasteiger partial charge in [-0.1, -0.05) is 25.2 Å². The largest absolute Gasteiger partial charge is 0.478 e. The highest BCUT2D eigenvalue weighted by Crippen LogP contribution is 2.24. The fraction of sp³-hybridized carbons (Fsp3) is 0.250. The zero-order valence-corrected chi connectivity index (χ0v) is 11.1. The first-order valence-corrected chi connectivity index (χ1v) is 6.00. The third-order valence-electron chi connectivity index (χ3n) is 2.22. The van der Waals surface area contributed by atoms with Gasteiger partial charge in [-0.15, -0.1) is 0 Å². The normalized spacial score (nSPS) is 9.74. The Morgan fingerprint density at radius 1 is 1.42 bits per heavy atom. The number of para-hydroxylation sites is 1. The summed E-state index contributed by atoms with van der Waals surface area (Å²) in [4.78, 5) is 22.6. The lowest BCUT2D eigenvalue weighted by Gasteiger charge is -2.12. The molecule has 0 bridgehead atoms. The van der Waals surface area contributed by atoms with E-state index < -0.39 is 12.1 Å². The number of rotatable bonds is 5. The first-order valence-electron chi connectivity index (χ1n) is 5.59. The number of carbonyl (C=O) groups is 2. The van der Waals surface area contributed by atoms with E-state index in [1.54, 1.807) is 0 Å². The smallest absolute Gasteiger partial charge is 0.412 e. The van der Waals surface area contributed by atoms with Crippen molar-refractivity contribution >= 4 is 29.3 Å². The molecule has 0 aliphatic rings. The molecular formula is C12H14N2O4S.